The summed E-state index contributed by atoms with van der Waals surface area (Å²) in [5, 5.41) is 3.53. The van der Waals surface area contributed by atoms with E-state index in [9.17, 15) is 0 Å². The molecule has 0 aromatic carbocycles. The molecule has 0 radical (unpaired) electrons. The van der Waals surface area contributed by atoms with Gasteiger partial charge in [0.25, 0.3) is 0 Å². The van der Waals surface area contributed by atoms with Crippen molar-refractivity contribution in [3.05, 3.63) is 0 Å². The second kappa shape index (κ2) is 6.83. The summed E-state index contributed by atoms with van der Waals surface area (Å²) in [7, 11) is 0. The molecule has 0 aromatic rings. The fraction of sp³-hybridized carbons (Fsp3) is 1.00. The molecular weight excluding hydrogens is 220 g/mol. The Kier molecular flexibility index (Phi) is 6.09. The van der Waals surface area contributed by atoms with Gasteiger partial charge >= 0.3 is 0 Å². The van der Waals surface area contributed by atoms with E-state index in [1.54, 1.807) is 0 Å². The van der Waals surface area contributed by atoms with Crippen LogP contribution in [0.1, 0.15) is 39.5 Å². The van der Waals surface area contributed by atoms with E-state index in [1.807, 2.05) is 0 Å². The van der Waals surface area contributed by atoms with Crippen molar-refractivity contribution < 1.29 is 0 Å². The molecule has 0 aliphatic carbocycles. The van der Waals surface area contributed by atoms with Crippen molar-refractivity contribution in [3.8, 4) is 0 Å². The third-order valence-corrected chi connectivity index (χ3v) is 4.08. The van der Waals surface area contributed by atoms with Crippen LogP contribution >= 0.6 is 12.4 Å². The molecule has 0 aromatic heterocycles. The maximum Gasteiger partial charge on any atom is 0.0119 e. The summed E-state index contributed by atoms with van der Waals surface area (Å²) in [5.74, 6) is 1.75. The predicted octanol–water partition coefficient (Wildman–Crippen LogP) is 2.53. The number of likely N-dealkylation sites (tertiary alicyclic amines) is 1. The van der Waals surface area contributed by atoms with Crippen LogP contribution in [0.2, 0.25) is 0 Å². The van der Waals surface area contributed by atoms with Crippen molar-refractivity contribution in [2.24, 2.45) is 11.8 Å². The highest BCUT2D eigenvalue weighted by molar-refractivity contribution is 5.85. The van der Waals surface area contributed by atoms with Gasteiger partial charge in [0, 0.05) is 12.6 Å². The molecule has 0 amide bonds. The fourth-order valence-electron chi connectivity index (χ4n) is 3.25. The van der Waals surface area contributed by atoms with E-state index in [2.05, 4.69) is 24.1 Å². The Hall–Kier alpha value is 0.210. The molecule has 0 saturated carbocycles. The topological polar surface area (TPSA) is 15.3 Å². The third kappa shape index (κ3) is 3.61. The maximum absolute atomic E-state index is 3.53. The average molecular weight is 247 g/mol. The first-order valence-corrected chi connectivity index (χ1v) is 6.72. The zero-order chi connectivity index (χ0) is 10.7. The molecule has 0 spiro atoms. The predicted molar refractivity (Wildman–Crippen MR) is 72.3 cm³/mol. The van der Waals surface area contributed by atoms with Gasteiger partial charge in [-0.15, -0.1) is 12.4 Å². The Morgan fingerprint density at radius 3 is 2.69 bits per heavy atom. The van der Waals surface area contributed by atoms with Crippen LogP contribution in [0.3, 0.4) is 0 Å². The van der Waals surface area contributed by atoms with Gasteiger partial charge in [0.1, 0.15) is 0 Å². The number of hydrogen-bond donors (Lipinski definition) is 1. The minimum Gasteiger partial charge on any atom is -0.316 e. The summed E-state index contributed by atoms with van der Waals surface area (Å²) in [6.07, 6.45) is 5.67. The number of piperidine rings is 1. The zero-order valence-corrected chi connectivity index (χ0v) is 11.6. The van der Waals surface area contributed by atoms with Crippen molar-refractivity contribution in [2.45, 2.75) is 45.6 Å². The lowest BCUT2D eigenvalue weighted by atomic mass is 9.97. The Morgan fingerprint density at radius 2 is 2.06 bits per heavy atom. The molecule has 2 nitrogen and oxygen atoms in total. The van der Waals surface area contributed by atoms with E-state index in [-0.39, 0.29) is 12.4 Å². The number of rotatable bonds is 3. The highest BCUT2D eigenvalue weighted by Gasteiger charge is 2.28. The molecule has 2 atom stereocenters. The summed E-state index contributed by atoms with van der Waals surface area (Å²) in [6.45, 7) is 9.94. The van der Waals surface area contributed by atoms with Gasteiger partial charge in [-0.2, -0.15) is 0 Å². The Balaban J connectivity index is 0.00000128. The van der Waals surface area contributed by atoms with Crippen molar-refractivity contribution >= 4 is 12.4 Å². The number of nitrogens with zero attached hydrogens (tertiary/aromatic N) is 1. The highest BCUT2D eigenvalue weighted by atomic mass is 35.5. The molecule has 2 fully saturated rings. The van der Waals surface area contributed by atoms with E-state index in [0.717, 1.165) is 17.9 Å². The first kappa shape index (κ1) is 14.3. The van der Waals surface area contributed by atoms with Crippen molar-refractivity contribution in [1.82, 2.24) is 10.2 Å². The SMILES string of the molecule is CC(C)C1CCCN1CC1CCCNC1.Cl. The summed E-state index contributed by atoms with van der Waals surface area (Å²) in [6, 6.07) is 0.868. The van der Waals surface area contributed by atoms with Crippen molar-refractivity contribution in [3.63, 3.8) is 0 Å². The van der Waals surface area contributed by atoms with Crippen LogP contribution in [-0.4, -0.2) is 37.1 Å². The van der Waals surface area contributed by atoms with Gasteiger partial charge in [-0.25, -0.2) is 0 Å². The Labute approximate surface area is 107 Å². The van der Waals surface area contributed by atoms with Gasteiger partial charge in [0.15, 0.2) is 0 Å². The van der Waals surface area contributed by atoms with Crippen LogP contribution in [0.5, 0.6) is 0 Å². The Bertz CT molecular complexity index is 190. The van der Waals surface area contributed by atoms with Gasteiger partial charge in [0.05, 0.1) is 0 Å². The monoisotopic (exact) mass is 246 g/mol. The van der Waals surface area contributed by atoms with Crippen LogP contribution in [0.15, 0.2) is 0 Å². The molecule has 16 heavy (non-hydrogen) atoms. The molecule has 0 bridgehead atoms. The van der Waals surface area contributed by atoms with Gasteiger partial charge in [-0.3, -0.25) is 4.90 Å². The second-order valence-corrected chi connectivity index (χ2v) is 5.66. The molecule has 96 valence electrons. The van der Waals surface area contributed by atoms with Crippen LogP contribution in [-0.2, 0) is 0 Å². The molecule has 2 rings (SSSR count). The first-order chi connectivity index (χ1) is 7.27. The fourth-order valence-corrected chi connectivity index (χ4v) is 3.25. The summed E-state index contributed by atoms with van der Waals surface area (Å²) in [5.41, 5.74) is 0. The van der Waals surface area contributed by atoms with E-state index in [1.165, 1.54) is 51.9 Å². The van der Waals surface area contributed by atoms with E-state index < -0.39 is 0 Å². The summed E-state index contributed by atoms with van der Waals surface area (Å²) in [4.78, 5) is 2.75. The quantitative estimate of drug-likeness (QED) is 0.824. The Morgan fingerprint density at radius 1 is 1.25 bits per heavy atom. The van der Waals surface area contributed by atoms with Crippen LogP contribution < -0.4 is 5.32 Å². The molecule has 2 aliphatic rings. The number of nitrogens with one attached hydrogen (secondary N) is 1. The van der Waals surface area contributed by atoms with Crippen LogP contribution in [0.4, 0.5) is 0 Å². The minimum atomic E-state index is 0. The third-order valence-electron chi connectivity index (χ3n) is 4.08. The number of halogens is 1. The molecule has 2 unspecified atom stereocenters. The van der Waals surface area contributed by atoms with E-state index >= 15 is 0 Å². The van der Waals surface area contributed by atoms with Gasteiger partial charge in [0.2, 0.25) is 0 Å². The molecule has 2 saturated heterocycles. The van der Waals surface area contributed by atoms with E-state index in [0.29, 0.717) is 0 Å². The zero-order valence-electron chi connectivity index (χ0n) is 10.7. The molecule has 2 heterocycles. The second-order valence-electron chi connectivity index (χ2n) is 5.66. The number of hydrogen-bond acceptors (Lipinski definition) is 2. The van der Waals surface area contributed by atoms with Gasteiger partial charge < -0.3 is 5.32 Å². The average Bonchev–Trinajstić information content (AvgIpc) is 2.67. The summed E-state index contributed by atoms with van der Waals surface area (Å²) >= 11 is 0. The molecule has 1 N–H and O–H groups in total. The van der Waals surface area contributed by atoms with Crippen molar-refractivity contribution in [1.29, 1.82) is 0 Å². The normalized spacial score (nSPS) is 31.7. The maximum atomic E-state index is 3.53. The lowest BCUT2D eigenvalue weighted by Gasteiger charge is -2.33. The van der Waals surface area contributed by atoms with Crippen molar-refractivity contribution in [2.75, 3.05) is 26.2 Å². The largest absolute Gasteiger partial charge is 0.316 e. The minimum absolute atomic E-state index is 0. The summed E-state index contributed by atoms with van der Waals surface area (Å²) < 4.78 is 0. The lowest BCUT2D eigenvalue weighted by molar-refractivity contribution is 0.164. The van der Waals surface area contributed by atoms with E-state index in [4.69, 9.17) is 0 Å². The van der Waals surface area contributed by atoms with Gasteiger partial charge in [-0.05, 0) is 57.2 Å². The molecule has 3 heteroatoms. The standard InChI is InChI=1S/C13H26N2.ClH/c1-11(2)13-6-4-8-15(13)10-12-5-3-7-14-9-12;/h11-14H,3-10H2,1-2H3;1H. The molecule has 2 aliphatic heterocycles. The smallest absolute Gasteiger partial charge is 0.0119 e. The van der Waals surface area contributed by atoms with Crippen LogP contribution in [0.25, 0.3) is 0 Å². The van der Waals surface area contributed by atoms with Crippen LogP contribution in [0, 0.1) is 11.8 Å². The lowest BCUT2D eigenvalue weighted by Crippen LogP contribution is -2.41. The van der Waals surface area contributed by atoms with Gasteiger partial charge in [-0.1, -0.05) is 13.8 Å². The molecular formula is C13H27ClN2. The highest BCUT2D eigenvalue weighted by Crippen LogP contribution is 2.25. The first-order valence-electron chi connectivity index (χ1n) is 6.72.